The van der Waals surface area contributed by atoms with Gasteiger partial charge in [-0.2, -0.15) is 0 Å². The lowest BCUT2D eigenvalue weighted by Gasteiger charge is -2.05. The number of unbranched alkanes of at least 4 members (excludes halogenated alkanes) is 1. The van der Waals surface area contributed by atoms with Gasteiger partial charge in [-0.3, -0.25) is 4.79 Å². The number of aryl methyl sites for hydroxylation is 1. The molecule has 2 nitrogen and oxygen atoms in total. The second-order valence-electron chi connectivity index (χ2n) is 3.57. The molecule has 0 aliphatic carbocycles. The molecule has 15 heavy (non-hydrogen) atoms. The van der Waals surface area contributed by atoms with E-state index in [0.29, 0.717) is 0 Å². The van der Waals surface area contributed by atoms with Crippen molar-refractivity contribution in [2.75, 3.05) is 6.54 Å². The number of carbonyl (C=O) groups is 1. The molecule has 0 fully saturated rings. The van der Waals surface area contributed by atoms with E-state index in [0.717, 1.165) is 35.0 Å². The topological polar surface area (TPSA) is 29.1 Å². The molecule has 1 amide bonds. The largest absolute Gasteiger partial charge is 0.352 e. The third-order valence-corrected chi connectivity index (χ3v) is 3.13. The Labute approximate surface area is 99.2 Å². The molecule has 0 spiro atoms. The summed E-state index contributed by atoms with van der Waals surface area (Å²) < 4.78 is 1.03. The molecule has 0 aromatic heterocycles. The second-order valence-corrected chi connectivity index (χ2v) is 4.43. The minimum absolute atomic E-state index is 0.0130. The van der Waals surface area contributed by atoms with E-state index in [2.05, 4.69) is 28.2 Å². The van der Waals surface area contributed by atoms with Gasteiger partial charge in [0.2, 0.25) is 0 Å². The molecule has 1 rings (SSSR count). The number of amides is 1. The minimum Gasteiger partial charge on any atom is -0.352 e. The van der Waals surface area contributed by atoms with Gasteiger partial charge in [-0.15, -0.1) is 0 Å². The highest BCUT2D eigenvalue weighted by atomic mass is 79.9. The van der Waals surface area contributed by atoms with E-state index >= 15 is 0 Å². The predicted molar refractivity (Wildman–Crippen MR) is 66.1 cm³/mol. The van der Waals surface area contributed by atoms with Crippen LogP contribution in [0.5, 0.6) is 0 Å². The maximum Gasteiger partial charge on any atom is 0.251 e. The Hall–Kier alpha value is -0.830. The molecule has 0 saturated heterocycles. The Morgan fingerprint density at radius 3 is 2.80 bits per heavy atom. The molecule has 0 radical (unpaired) electrons. The van der Waals surface area contributed by atoms with Gasteiger partial charge in [-0.05, 0) is 37.1 Å². The number of halogens is 1. The fourth-order valence-electron chi connectivity index (χ4n) is 1.27. The molecule has 0 aliphatic rings. The van der Waals surface area contributed by atoms with Crippen molar-refractivity contribution in [2.45, 2.75) is 26.7 Å². The van der Waals surface area contributed by atoms with Gasteiger partial charge >= 0.3 is 0 Å². The number of nitrogens with one attached hydrogen (secondary N) is 1. The molecular formula is C12H16BrNO. The summed E-state index contributed by atoms with van der Waals surface area (Å²) in [5.41, 5.74) is 1.81. The van der Waals surface area contributed by atoms with Crippen LogP contribution in [0.15, 0.2) is 22.7 Å². The van der Waals surface area contributed by atoms with Gasteiger partial charge in [-0.1, -0.05) is 29.3 Å². The molecule has 0 heterocycles. The van der Waals surface area contributed by atoms with Gasteiger partial charge in [0.1, 0.15) is 0 Å². The number of benzene rings is 1. The zero-order chi connectivity index (χ0) is 11.3. The molecule has 0 atom stereocenters. The SMILES string of the molecule is CCCCNC(=O)c1ccc(Br)c(C)c1. The number of rotatable bonds is 4. The first-order valence-electron chi connectivity index (χ1n) is 5.19. The van der Waals surface area contributed by atoms with Crippen LogP contribution in [0.4, 0.5) is 0 Å². The molecule has 82 valence electrons. The van der Waals surface area contributed by atoms with Crippen LogP contribution in [0, 0.1) is 6.92 Å². The van der Waals surface area contributed by atoms with Gasteiger partial charge in [-0.25, -0.2) is 0 Å². The molecule has 3 heteroatoms. The third-order valence-electron chi connectivity index (χ3n) is 2.24. The first-order valence-corrected chi connectivity index (χ1v) is 5.98. The number of hydrogen-bond donors (Lipinski definition) is 1. The summed E-state index contributed by atoms with van der Waals surface area (Å²) in [5, 5.41) is 2.89. The lowest BCUT2D eigenvalue weighted by Crippen LogP contribution is -2.24. The van der Waals surface area contributed by atoms with Crippen molar-refractivity contribution in [2.24, 2.45) is 0 Å². The molecule has 0 aliphatic heterocycles. The first kappa shape index (κ1) is 12.2. The summed E-state index contributed by atoms with van der Waals surface area (Å²) in [5.74, 6) is 0.0130. The average Bonchev–Trinajstić information content (AvgIpc) is 2.22. The minimum atomic E-state index is 0.0130. The van der Waals surface area contributed by atoms with E-state index < -0.39 is 0 Å². The van der Waals surface area contributed by atoms with Gasteiger partial charge < -0.3 is 5.32 Å². The number of hydrogen-bond acceptors (Lipinski definition) is 1. The Balaban J connectivity index is 2.62. The van der Waals surface area contributed by atoms with Crippen LogP contribution in [0.3, 0.4) is 0 Å². The smallest absolute Gasteiger partial charge is 0.251 e. The Kier molecular flexibility index (Phi) is 4.82. The predicted octanol–water partition coefficient (Wildman–Crippen LogP) is 3.29. The van der Waals surface area contributed by atoms with E-state index in [-0.39, 0.29) is 5.91 Å². The summed E-state index contributed by atoms with van der Waals surface area (Å²) in [4.78, 5) is 11.7. The van der Waals surface area contributed by atoms with Crippen molar-refractivity contribution >= 4 is 21.8 Å². The summed E-state index contributed by atoms with van der Waals surface area (Å²) in [6, 6.07) is 5.63. The molecular weight excluding hydrogens is 254 g/mol. The number of carbonyl (C=O) groups excluding carboxylic acids is 1. The third kappa shape index (κ3) is 3.67. The van der Waals surface area contributed by atoms with E-state index in [1.807, 2.05) is 25.1 Å². The molecule has 0 saturated carbocycles. The Morgan fingerprint density at radius 1 is 1.47 bits per heavy atom. The highest BCUT2D eigenvalue weighted by molar-refractivity contribution is 9.10. The summed E-state index contributed by atoms with van der Waals surface area (Å²) >= 11 is 3.41. The normalized spacial score (nSPS) is 10.1. The van der Waals surface area contributed by atoms with Crippen LogP contribution in [0.2, 0.25) is 0 Å². The monoisotopic (exact) mass is 269 g/mol. The van der Waals surface area contributed by atoms with Crippen molar-refractivity contribution in [1.82, 2.24) is 5.32 Å². The molecule has 0 bridgehead atoms. The zero-order valence-electron chi connectivity index (χ0n) is 9.14. The van der Waals surface area contributed by atoms with Crippen molar-refractivity contribution in [3.63, 3.8) is 0 Å². The highest BCUT2D eigenvalue weighted by Gasteiger charge is 2.05. The van der Waals surface area contributed by atoms with Gasteiger partial charge in [0.15, 0.2) is 0 Å². The Bertz CT molecular complexity index is 349. The molecule has 0 unspecified atom stereocenters. The lowest BCUT2D eigenvalue weighted by molar-refractivity contribution is 0.0953. The summed E-state index contributed by atoms with van der Waals surface area (Å²) in [6.45, 7) is 4.84. The van der Waals surface area contributed by atoms with E-state index in [4.69, 9.17) is 0 Å². The quantitative estimate of drug-likeness (QED) is 0.836. The molecule has 1 aromatic rings. The van der Waals surface area contributed by atoms with Crippen LogP contribution in [-0.4, -0.2) is 12.5 Å². The summed E-state index contributed by atoms with van der Waals surface area (Å²) in [6.07, 6.45) is 2.13. The lowest BCUT2D eigenvalue weighted by atomic mass is 10.1. The van der Waals surface area contributed by atoms with Gasteiger partial charge in [0.05, 0.1) is 0 Å². The van der Waals surface area contributed by atoms with Gasteiger partial charge in [0.25, 0.3) is 5.91 Å². The summed E-state index contributed by atoms with van der Waals surface area (Å²) in [7, 11) is 0. The fraction of sp³-hybridized carbons (Fsp3) is 0.417. The van der Waals surface area contributed by atoms with Crippen LogP contribution in [0.25, 0.3) is 0 Å². The highest BCUT2D eigenvalue weighted by Crippen LogP contribution is 2.16. The van der Waals surface area contributed by atoms with Crippen LogP contribution >= 0.6 is 15.9 Å². The zero-order valence-corrected chi connectivity index (χ0v) is 10.7. The molecule has 1 aromatic carbocycles. The Morgan fingerprint density at radius 2 is 2.20 bits per heavy atom. The maximum atomic E-state index is 11.7. The van der Waals surface area contributed by atoms with Crippen molar-refractivity contribution in [3.05, 3.63) is 33.8 Å². The van der Waals surface area contributed by atoms with Crippen LogP contribution < -0.4 is 5.32 Å². The van der Waals surface area contributed by atoms with Crippen LogP contribution in [0.1, 0.15) is 35.7 Å². The maximum absolute atomic E-state index is 11.7. The van der Waals surface area contributed by atoms with E-state index in [1.165, 1.54) is 0 Å². The van der Waals surface area contributed by atoms with Crippen molar-refractivity contribution in [1.29, 1.82) is 0 Å². The second kappa shape index (κ2) is 5.91. The average molecular weight is 270 g/mol. The van der Waals surface area contributed by atoms with E-state index in [1.54, 1.807) is 0 Å². The van der Waals surface area contributed by atoms with E-state index in [9.17, 15) is 4.79 Å². The van der Waals surface area contributed by atoms with Crippen molar-refractivity contribution < 1.29 is 4.79 Å². The van der Waals surface area contributed by atoms with Gasteiger partial charge in [0, 0.05) is 16.6 Å². The fourth-order valence-corrected chi connectivity index (χ4v) is 1.51. The standard InChI is InChI=1S/C12H16BrNO/c1-3-4-7-14-12(15)10-5-6-11(13)9(2)8-10/h5-6,8H,3-4,7H2,1-2H3,(H,14,15). The molecule has 1 N–H and O–H groups in total. The van der Waals surface area contributed by atoms with Crippen LogP contribution in [-0.2, 0) is 0 Å². The van der Waals surface area contributed by atoms with Crippen molar-refractivity contribution in [3.8, 4) is 0 Å². The first-order chi connectivity index (χ1) is 7.15.